The van der Waals surface area contributed by atoms with Gasteiger partial charge in [-0.3, -0.25) is 0 Å². The Morgan fingerprint density at radius 2 is 2.06 bits per heavy atom. The number of alkyl carbamates (subject to hydrolysis) is 1. The van der Waals surface area contributed by atoms with E-state index < -0.39 is 24.7 Å². The van der Waals surface area contributed by atoms with E-state index in [0.717, 1.165) is 0 Å². The SMILES string of the molecule is COc1ccc([C@H]2NC(=O)OCC2(F)F)cc1. The maximum atomic E-state index is 13.5. The molecule has 1 atom stereocenters. The molecule has 0 spiro atoms. The van der Waals surface area contributed by atoms with Crippen LogP contribution in [0, 0.1) is 0 Å². The Bertz CT molecular complexity index is 419. The number of hydrogen-bond donors (Lipinski definition) is 1. The molecule has 2 rings (SSSR count). The number of carbonyl (C=O) groups is 1. The molecule has 1 saturated heterocycles. The summed E-state index contributed by atoms with van der Waals surface area (Å²) in [5, 5.41) is 2.11. The molecule has 1 amide bonds. The summed E-state index contributed by atoms with van der Waals surface area (Å²) in [6, 6.07) is 4.74. The number of alkyl halides is 2. The van der Waals surface area contributed by atoms with E-state index in [2.05, 4.69) is 10.1 Å². The number of hydrogen-bond acceptors (Lipinski definition) is 3. The standard InChI is InChI=1S/C11H11F2NO3/c1-16-8-4-2-7(3-5-8)9-11(12,13)6-17-10(15)14-9/h2-5,9H,6H2,1H3,(H,14,15)/t9-/m1/s1. The summed E-state index contributed by atoms with van der Waals surface area (Å²) in [4.78, 5) is 11.0. The molecule has 1 aliphatic rings. The van der Waals surface area contributed by atoms with Crippen molar-refractivity contribution < 1.29 is 23.0 Å². The second-order valence-corrected chi connectivity index (χ2v) is 3.69. The summed E-state index contributed by atoms with van der Waals surface area (Å²) in [5.74, 6) is -2.56. The third-order valence-electron chi connectivity index (χ3n) is 2.53. The Morgan fingerprint density at radius 1 is 1.41 bits per heavy atom. The van der Waals surface area contributed by atoms with E-state index in [0.29, 0.717) is 11.3 Å². The van der Waals surface area contributed by atoms with Gasteiger partial charge >= 0.3 is 12.0 Å². The van der Waals surface area contributed by atoms with E-state index in [1.807, 2.05) is 0 Å². The van der Waals surface area contributed by atoms with Gasteiger partial charge in [0.05, 0.1) is 7.11 Å². The Morgan fingerprint density at radius 3 is 2.65 bits per heavy atom. The molecule has 92 valence electrons. The summed E-state index contributed by atoms with van der Waals surface area (Å²) in [6.07, 6.45) is -0.836. The minimum absolute atomic E-state index is 0.312. The van der Waals surface area contributed by atoms with Gasteiger partial charge in [0.1, 0.15) is 11.8 Å². The number of methoxy groups -OCH3 is 1. The Balaban J connectivity index is 2.26. The molecule has 6 heteroatoms. The molecule has 0 radical (unpaired) electrons. The fourth-order valence-corrected chi connectivity index (χ4v) is 1.63. The molecule has 1 aliphatic heterocycles. The van der Waals surface area contributed by atoms with Gasteiger partial charge in [0.15, 0.2) is 6.61 Å². The van der Waals surface area contributed by atoms with Crippen molar-refractivity contribution >= 4 is 6.09 Å². The second kappa shape index (κ2) is 4.20. The first-order chi connectivity index (χ1) is 8.03. The average Bonchev–Trinajstić information content (AvgIpc) is 2.33. The summed E-state index contributed by atoms with van der Waals surface area (Å²) < 4.78 is 36.3. The van der Waals surface area contributed by atoms with Crippen molar-refractivity contribution in [2.75, 3.05) is 13.7 Å². The maximum absolute atomic E-state index is 13.5. The molecule has 0 saturated carbocycles. The van der Waals surface area contributed by atoms with Crippen LogP contribution in [0.5, 0.6) is 5.75 Å². The van der Waals surface area contributed by atoms with Crippen LogP contribution in [0.15, 0.2) is 24.3 Å². The van der Waals surface area contributed by atoms with E-state index in [9.17, 15) is 13.6 Å². The monoisotopic (exact) mass is 243 g/mol. The molecule has 1 heterocycles. The highest BCUT2D eigenvalue weighted by Gasteiger charge is 2.46. The zero-order valence-electron chi connectivity index (χ0n) is 9.07. The number of halogens is 2. The van der Waals surface area contributed by atoms with Gasteiger partial charge in [-0.2, -0.15) is 0 Å². The summed E-state index contributed by atoms with van der Waals surface area (Å²) in [7, 11) is 1.49. The van der Waals surface area contributed by atoms with Crippen molar-refractivity contribution in [1.29, 1.82) is 0 Å². The minimum Gasteiger partial charge on any atom is -0.497 e. The smallest absolute Gasteiger partial charge is 0.408 e. The lowest BCUT2D eigenvalue weighted by molar-refractivity contribution is -0.104. The van der Waals surface area contributed by atoms with Crippen LogP contribution >= 0.6 is 0 Å². The highest BCUT2D eigenvalue weighted by Crippen LogP contribution is 2.34. The predicted molar refractivity (Wildman–Crippen MR) is 55.2 cm³/mol. The van der Waals surface area contributed by atoms with Gasteiger partial charge in [-0.15, -0.1) is 0 Å². The van der Waals surface area contributed by atoms with Crippen molar-refractivity contribution in [2.24, 2.45) is 0 Å². The molecule has 0 aromatic heterocycles. The lowest BCUT2D eigenvalue weighted by Crippen LogP contribution is -2.49. The molecule has 0 aliphatic carbocycles. The summed E-state index contributed by atoms with van der Waals surface area (Å²) >= 11 is 0. The number of cyclic esters (lactones) is 1. The first kappa shape index (κ1) is 11.6. The Kier molecular flexibility index (Phi) is 2.87. The van der Waals surface area contributed by atoms with E-state index >= 15 is 0 Å². The van der Waals surface area contributed by atoms with Crippen LogP contribution in [-0.4, -0.2) is 25.7 Å². The third-order valence-corrected chi connectivity index (χ3v) is 2.53. The third kappa shape index (κ3) is 2.30. The largest absolute Gasteiger partial charge is 0.497 e. The summed E-state index contributed by atoms with van der Waals surface area (Å²) in [5.41, 5.74) is 0.312. The molecular weight excluding hydrogens is 232 g/mol. The predicted octanol–water partition coefficient (Wildman–Crippen LogP) is 2.11. The van der Waals surface area contributed by atoms with Crippen LogP contribution in [0.3, 0.4) is 0 Å². The fraction of sp³-hybridized carbons (Fsp3) is 0.364. The van der Waals surface area contributed by atoms with Crippen LogP contribution in [0.2, 0.25) is 0 Å². The Hall–Kier alpha value is -1.85. The van der Waals surface area contributed by atoms with E-state index in [-0.39, 0.29) is 0 Å². The number of rotatable bonds is 2. The molecular formula is C11H11F2NO3. The van der Waals surface area contributed by atoms with Gasteiger partial charge in [-0.25, -0.2) is 13.6 Å². The zero-order valence-corrected chi connectivity index (χ0v) is 9.07. The molecule has 1 fully saturated rings. The molecule has 1 aromatic carbocycles. The van der Waals surface area contributed by atoms with Crippen molar-refractivity contribution in [1.82, 2.24) is 5.32 Å². The summed E-state index contributed by atoms with van der Waals surface area (Å²) in [6.45, 7) is -0.907. The first-order valence-electron chi connectivity index (χ1n) is 4.98. The van der Waals surface area contributed by atoms with E-state index in [4.69, 9.17) is 4.74 Å². The van der Waals surface area contributed by atoms with Gasteiger partial charge in [-0.05, 0) is 17.7 Å². The van der Waals surface area contributed by atoms with Gasteiger partial charge < -0.3 is 14.8 Å². The average molecular weight is 243 g/mol. The molecule has 1 aromatic rings. The maximum Gasteiger partial charge on any atom is 0.408 e. The topological polar surface area (TPSA) is 47.6 Å². The minimum atomic E-state index is -3.12. The first-order valence-corrected chi connectivity index (χ1v) is 4.98. The highest BCUT2D eigenvalue weighted by molar-refractivity contribution is 5.69. The Labute approximate surface area is 96.5 Å². The van der Waals surface area contributed by atoms with Crippen LogP contribution < -0.4 is 10.1 Å². The molecule has 0 unspecified atom stereocenters. The van der Waals surface area contributed by atoms with Crippen LogP contribution in [0.25, 0.3) is 0 Å². The number of ether oxygens (including phenoxy) is 2. The lowest BCUT2D eigenvalue weighted by atomic mass is 10.00. The van der Waals surface area contributed by atoms with Crippen LogP contribution in [0.4, 0.5) is 13.6 Å². The molecule has 1 N–H and O–H groups in total. The van der Waals surface area contributed by atoms with E-state index in [1.165, 1.54) is 19.2 Å². The van der Waals surface area contributed by atoms with Gasteiger partial charge in [0.2, 0.25) is 0 Å². The number of benzene rings is 1. The van der Waals surface area contributed by atoms with Crippen molar-refractivity contribution in [3.8, 4) is 5.75 Å². The normalized spacial score (nSPS) is 22.5. The number of carbonyl (C=O) groups excluding carboxylic acids is 1. The van der Waals surface area contributed by atoms with Crippen molar-refractivity contribution in [3.05, 3.63) is 29.8 Å². The lowest BCUT2D eigenvalue weighted by Gasteiger charge is -2.31. The molecule has 17 heavy (non-hydrogen) atoms. The van der Waals surface area contributed by atoms with Crippen LogP contribution in [-0.2, 0) is 4.74 Å². The second-order valence-electron chi connectivity index (χ2n) is 3.69. The quantitative estimate of drug-likeness (QED) is 0.865. The van der Waals surface area contributed by atoms with Crippen molar-refractivity contribution in [3.63, 3.8) is 0 Å². The van der Waals surface area contributed by atoms with E-state index in [1.54, 1.807) is 12.1 Å². The fourth-order valence-electron chi connectivity index (χ4n) is 1.63. The highest BCUT2D eigenvalue weighted by atomic mass is 19.3. The molecule has 4 nitrogen and oxygen atoms in total. The van der Waals surface area contributed by atoms with Gasteiger partial charge in [0.25, 0.3) is 0 Å². The molecule has 0 bridgehead atoms. The van der Waals surface area contributed by atoms with Gasteiger partial charge in [-0.1, -0.05) is 12.1 Å². The van der Waals surface area contributed by atoms with Crippen LogP contribution in [0.1, 0.15) is 11.6 Å². The van der Waals surface area contributed by atoms with Crippen molar-refractivity contribution in [2.45, 2.75) is 12.0 Å². The number of nitrogens with one attached hydrogen (secondary N) is 1. The number of amides is 1. The van der Waals surface area contributed by atoms with Gasteiger partial charge in [0, 0.05) is 0 Å². The zero-order chi connectivity index (χ0) is 12.5.